The Morgan fingerprint density at radius 1 is 0.857 bits per heavy atom. The third-order valence-electron chi connectivity index (χ3n) is 0.500. The normalized spacial score (nSPS) is 4.29. The van der Waals surface area contributed by atoms with Gasteiger partial charge in [0.1, 0.15) is 0 Å². The van der Waals surface area contributed by atoms with E-state index in [1.807, 2.05) is 0 Å². The molecule has 0 heterocycles. The third-order valence-corrected chi connectivity index (χ3v) is 0.500. The molecule has 0 fully saturated rings. The average Bonchev–Trinajstić information content (AvgIpc) is 1.37. The summed E-state index contributed by atoms with van der Waals surface area (Å²) in [4.78, 5) is 0. The van der Waals surface area contributed by atoms with Gasteiger partial charge in [0.15, 0.2) is 0 Å². The fraction of sp³-hybridized carbons (Fsp3) is 1.00. The molecule has 0 aliphatic carbocycles. The molecule has 0 spiro atoms. The van der Waals surface area contributed by atoms with Crippen molar-refractivity contribution in [1.29, 1.82) is 0 Å². The Hall–Kier alpha value is 2.22. The van der Waals surface area contributed by atoms with Crippen LogP contribution in [0.4, 0.5) is 0 Å². The molecule has 0 N–H and O–H groups in total. The summed E-state index contributed by atoms with van der Waals surface area (Å²) in [6.45, 7) is 4.36. The predicted molar refractivity (Wildman–Crippen MR) is 46.2 cm³/mol. The van der Waals surface area contributed by atoms with Crippen molar-refractivity contribution in [3.05, 3.63) is 0 Å². The Morgan fingerprint density at radius 3 is 1.00 bits per heavy atom. The molecule has 0 aliphatic heterocycles. The average molecular weight is 138 g/mol. The van der Waals surface area contributed by atoms with Gasteiger partial charge in [0.2, 0.25) is 0 Å². The molecule has 0 atom stereocenters. The van der Waals surface area contributed by atoms with E-state index in [-0.39, 0.29) is 70.1 Å². The first-order valence-corrected chi connectivity index (χ1v) is 1.91. The maximum atomic E-state index is 2.18. The second-order valence-corrected chi connectivity index (χ2v) is 1.000. The molecule has 0 nitrogen and oxygen atoms in total. The van der Waals surface area contributed by atoms with Crippen LogP contribution in [-0.2, 0) is 0 Å². The topological polar surface area (TPSA) is 0 Å². The molecule has 0 aromatic rings. The molecule has 3 heteroatoms. The Morgan fingerprint density at radius 2 is 1.00 bits per heavy atom. The number of hydrogen-bond acceptors (Lipinski definition) is 0. The van der Waals surface area contributed by atoms with E-state index in [2.05, 4.69) is 13.8 Å². The molecule has 38 valence electrons. The molecule has 0 rings (SSSR count). The number of hydrogen-bond donors (Lipinski definition) is 0. The van der Waals surface area contributed by atoms with Crippen LogP contribution in [0.3, 0.4) is 0 Å². The van der Waals surface area contributed by atoms with Crippen LogP contribution in [0.2, 0.25) is 0 Å². The molecule has 0 saturated carbocycles. The maximum Gasteiger partial charge on any atom is -0.0149 e. The minimum absolute atomic E-state index is 0. The maximum absolute atomic E-state index is 2.18. The minimum atomic E-state index is 0. The molecule has 0 bridgehead atoms. The first-order valence-electron chi connectivity index (χ1n) is 1.91. The minimum Gasteiger partial charge on any atom is -0.0149 e. The van der Waals surface area contributed by atoms with Crippen molar-refractivity contribution in [3.63, 3.8) is 0 Å². The van der Waals surface area contributed by atoms with E-state index in [0.717, 1.165) is 0 Å². The summed E-state index contributed by atoms with van der Waals surface area (Å²) in [5.74, 6) is 0. The fourth-order valence-corrected chi connectivity index (χ4v) is 0. The monoisotopic (exact) mass is 138 g/mol. The van der Waals surface area contributed by atoms with Crippen LogP contribution in [0.1, 0.15) is 26.7 Å². The van der Waals surface area contributed by atoms with E-state index in [1.54, 1.807) is 0 Å². The van der Waals surface area contributed by atoms with E-state index in [4.69, 9.17) is 0 Å². The van der Waals surface area contributed by atoms with Crippen molar-refractivity contribution in [2.75, 3.05) is 0 Å². The van der Waals surface area contributed by atoms with E-state index in [1.165, 1.54) is 12.8 Å². The van der Waals surface area contributed by atoms with Gasteiger partial charge < -0.3 is 0 Å². The van der Waals surface area contributed by atoms with Gasteiger partial charge in [-0.25, -0.2) is 0 Å². The van der Waals surface area contributed by atoms with E-state index >= 15 is 0 Å². The molecular weight excluding hydrogens is 122 g/mol. The second kappa shape index (κ2) is 24.1. The van der Waals surface area contributed by atoms with Crippen LogP contribution >= 0.6 is 0 Å². The molecule has 0 amide bonds. The Labute approximate surface area is 95.4 Å². The van der Waals surface area contributed by atoms with Gasteiger partial charge in [-0.15, -0.1) is 0 Å². The standard InChI is InChI=1S/C4H10.2Na.H4Si.2H/c1-3-4-2;;;;;/h3-4H2,1-2H3;;;1H4;;. The summed E-state index contributed by atoms with van der Waals surface area (Å²) >= 11 is 0. The van der Waals surface area contributed by atoms with Gasteiger partial charge in [0.25, 0.3) is 0 Å². The zero-order valence-corrected chi connectivity index (χ0v) is 3.41. The summed E-state index contributed by atoms with van der Waals surface area (Å²) in [7, 11) is 0. The van der Waals surface area contributed by atoms with Crippen molar-refractivity contribution in [2.24, 2.45) is 0 Å². The fourth-order valence-electron chi connectivity index (χ4n) is 0. The van der Waals surface area contributed by atoms with E-state index < -0.39 is 0 Å². The van der Waals surface area contributed by atoms with Crippen LogP contribution in [0.15, 0.2) is 0 Å². The van der Waals surface area contributed by atoms with Crippen LogP contribution in [-0.4, -0.2) is 70.1 Å². The van der Waals surface area contributed by atoms with Crippen molar-refractivity contribution in [1.82, 2.24) is 0 Å². The number of unbranched alkanes of at least 4 members (excludes halogenated alkanes) is 1. The van der Waals surface area contributed by atoms with E-state index in [0.29, 0.717) is 0 Å². The van der Waals surface area contributed by atoms with Crippen LogP contribution in [0, 0.1) is 0 Å². The Kier molecular flexibility index (Phi) is 78.6. The van der Waals surface area contributed by atoms with Gasteiger partial charge >= 0.3 is 59.1 Å². The SMILES string of the molecule is CCCC.[NaH].[NaH].[SiH4]. The van der Waals surface area contributed by atoms with Gasteiger partial charge in [0.05, 0.1) is 0 Å². The molecule has 0 aliphatic rings. The zero-order valence-electron chi connectivity index (χ0n) is 3.41. The van der Waals surface area contributed by atoms with Crippen LogP contribution < -0.4 is 0 Å². The summed E-state index contributed by atoms with van der Waals surface area (Å²) < 4.78 is 0. The smallest absolute Gasteiger partial charge is 0.0149 e. The van der Waals surface area contributed by atoms with Crippen molar-refractivity contribution in [3.8, 4) is 0 Å². The zero-order chi connectivity index (χ0) is 3.41. The van der Waals surface area contributed by atoms with Crippen molar-refractivity contribution >= 4 is 70.1 Å². The molecule has 0 aromatic carbocycles. The Bertz CT molecular complexity index is 11.7. The second-order valence-electron chi connectivity index (χ2n) is 1.000. The molecule has 7 heavy (non-hydrogen) atoms. The van der Waals surface area contributed by atoms with Gasteiger partial charge in [-0.1, -0.05) is 26.7 Å². The largest absolute Gasteiger partial charge is 0.0149 e. The molecule has 0 radical (unpaired) electrons. The predicted octanol–water partition coefficient (Wildman–Crippen LogP) is -0.942. The van der Waals surface area contributed by atoms with Gasteiger partial charge in [0, 0.05) is 0 Å². The van der Waals surface area contributed by atoms with Crippen molar-refractivity contribution < 1.29 is 0 Å². The summed E-state index contributed by atoms with van der Waals surface area (Å²) in [5.41, 5.74) is 0. The number of rotatable bonds is 1. The van der Waals surface area contributed by atoms with Gasteiger partial charge in [-0.05, 0) is 11.0 Å². The molecule has 0 unspecified atom stereocenters. The Balaban J connectivity index is -0.0000000150. The molecule has 0 saturated heterocycles. The van der Waals surface area contributed by atoms with Crippen LogP contribution in [0.25, 0.3) is 0 Å². The summed E-state index contributed by atoms with van der Waals surface area (Å²) in [5, 5.41) is 0. The third kappa shape index (κ3) is 30.7. The summed E-state index contributed by atoms with van der Waals surface area (Å²) in [6, 6.07) is 0. The van der Waals surface area contributed by atoms with E-state index in [9.17, 15) is 0 Å². The van der Waals surface area contributed by atoms with Gasteiger partial charge in [-0.3, -0.25) is 0 Å². The van der Waals surface area contributed by atoms with Gasteiger partial charge in [-0.2, -0.15) is 0 Å². The quantitative estimate of drug-likeness (QED) is 0.410. The first-order chi connectivity index (χ1) is 1.91. The first kappa shape index (κ1) is 22.9. The molecular formula is C4H16Na2Si. The molecule has 0 aromatic heterocycles. The van der Waals surface area contributed by atoms with Crippen LogP contribution in [0.5, 0.6) is 0 Å². The summed E-state index contributed by atoms with van der Waals surface area (Å²) in [6.07, 6.45) is 2.64. The van der Waals surface area contributed by atoms with Crippen molar-refractivity contribution in [2.45, 2.75) is 26.7 Å².